The Morgan fingerprint density at radius 1 is 1.24 bits per heavy atom. The van der Waals surface area contributed by atoms with E-state index < -0.39 is 11.9 Å². The zero-order chi connectivity index (χ0) is 18.6. The highest BCUT2D eigenvalue weighted by molar-refractivity contribution is 9.10. The van der Waals surface area contributed by atoms with Crippen LogP contribution in [0.4, 0.5) is 5.69 Å². The summed E-state index contributed by atoms with van der Waals surface area (Å²) >= 11 is 3.36. The molecule has 1 N–H and O–H groups in total. The van der Waals surface area contributed by atoms with Crippen molar-refractivity contribution in [1.82, 2.24) is 9.78 Å². The molecule has 0 spiro atoms. The van der Waals surface area contributed by atoms with E-state index in [0.717, 1.165) is 15.7 Å². The second-order valence-electron chi connectivity index (χ2n) is 5.60. The summed E-state index contributed by atoms with van der Waals surface area (Å²) in [5.74, 6) is -0.514. The molecule has 25 heavy (non-hydrogen) atoms. The molecule has 0 saturated heterocycles. The second kappa shape index (κ2) is 8.15. The summed E-state index contributed by atoms with van der Waals surface area (Å²) in [6, 6.07) is 5.51. The lowest BCUT2D eigenvalue weighted by atomic mass is 10.2. The molecule has 0 atom stereocenters. The fourth-order valence-corrected chi connectivity index (χ4v) is 2.79. The maximum absolute atomic E-state index is 11.9. The Morgan fingerprint density at radius 3 is 2.56 bits per heavy atom. The third kappa shape index (κ3) is 5.06. The van der Waals surface area contributed by atoms with Gasteiger partial charge in [-0.15, -0.1) is 0 Å². The van der Waals surface area contributed by atoms with E-state index in [9.17, 15) is 9.59 Å². The Kier molecular flexibility index (Phi) is 6.19. The highest BCUT2D eigenvalue weighted by atomic mass is 79.9. The van der Waals surface area contributed by atoms with Gasteiger partial charge in [-0.2, -0.15) is 5.10 Å². The number of nitrogens with zero attached hydrogens (tertiary/aromatic N) is 2. The number of hydrogen-bond donors (Lipinski definition) is 1. The van der Waals surface area contributed by atoms with E-state index >= 15 is 0 Å². The topological polar surface area (TPSA) is 82.4 Å². The predicted octanol–water partition coefficient (Wildman–Crippen LogP) is 2.67. The molecule has 0 unspecified atom stereocenters. The molecule has 1 aromatic carbocycles. The number of hydrogen-bond acceptors (Lipinski definition) is 5. The van der Waals surface area contributed by atoms with Gasteiger partial charge in [0, 0.05) is 7.05 Å². The summed E-state index contributed by atoms with van der Waals surface area (Å²) in [5, 5.41) is 6.90. The van der Waals surface area contributed by atoms with Gasteiger partial charge >= 0.3 is 5.97 Å². The maximum Gasteiger partial charge on any atom is 0.344 e. The van der Waals surface area contributed by atoms with Crippen molar-refractivity contribution in [2.45, 2.75) is 20.8 Å². The number of carbonyl (C=O) groups excluding carboxylic acids is 2. The average molecular weight is 410 g/mol. The number of halogens is 1. The summed E-state index contributed by atoms with van der Waals surface area (Å²) in [6.07, 6.45) is 0. The quantitative estimate of drug-likeness (QED) is 0.741. The molecule has 1 heterocycles. The minimum absolute atomic E-state index is 0.278. The normalized spacial score (nSPS) is 10.4. The van der Waals surface area contributed by atoms with Gasteiger partial charge in [0.2, 0.25) is 0 Å². The Bertz CT molecular complexity index is 801. The fourth-order valence-electron chi connectivity index (χ4n) is 2.18. The van der Waals surface area contributed by atoms with Crippen molar-refractivity contribution >= 4 is 33.5 Å². The van der Waals surface area contributed by atoms with Crippen molar-refractivity contribution < 1.29 is 19.1 Å². The third-order valence-electron chi connectivity index (χ3n) is 3.57. The van der Waals surface area contributed by atoms with Gasteiger partial charge in [0.25, 0.3) is 5.91 Å². The molecular weight excluding hydrogens is 390 g/mol. The highest BCUT2D eigenvalue weighted by Crippen LogP contribution is 2.25. The smallest absolute Gasteiger partial charge is 0.344 e. The zero-order valence-corrected chi connectivity index (χ0v) is 16.1. The molecule has 0 aliphatic carbocycles. The lowest BCUT2D eigenvalue weighted by Crippen LogP contribution is -2.24. The average Bonchev–Trinajstić information content (AvgIpc) is 2.78. The summed E-state index contributed by atoms with van der Waals surface area (Å²) in [4.78, 5) is 23.7. The Morgan fingerprint density at radius 2 is 1.96 bits per heavy atom. The van der Waals surface area contributed by atoms with E-state index in [-0.39, 0.29) is 13.2 Å². The van der Waals surface area contributed by atoms with Crippen LogP contribution in [0.5, 0.6) is 5.75 Å². The molecule has 7 nitrogen and oxygen atoms in total. The van der Waals surface area contributed by atoms with Gasteiger partial charge in [-0.25, -0.2) is 4.79 Å². The Labute approximate surface area is 154 Å². The summed E-state index contributed by atoms with van der Waals surface area (Å²) in [7, 11) is 1.79. The number of benzene rings is 1. The van der Waals surface area contributed by atoms with E-state index in [1.54, 1.807) is 24.7 Å². The first-order valence-electron chi connectivity index (χ1n) is 7.62. The lowest BCUT2D eigenvalue weighted by molar-refractivity contribution is -0.149. The molecule has 0 saturated carbocycles. The number of amides is 1. The molecule has 0 bridgehead atoms. The molecule has 8 heteroatoms. The SMILES string of the molecule is Cc1ccc(OCC(=O)OCC(=O)Nc2c(C)nn(C)c2C)c(Br)c1. The zero-order valence-electron chi connectivity index (χ0n) is 14.6. The fraction of sp³-hybridized carbons (Fsp3) is 0.353. The van der Waals surface area contributed by atoms with E-state index in [1.807, 2.05) is 26.0 Å². The number of rotatable bonds is 6. The molecule has 2 rings (SSSR count). The van der Waals surface area contributed by atoms with Crippen LogP contribution in [0.15, 0.2) is 22.7 Å². The van der Waals surface area contributed by atoms with Crippen molar-refractivity contribution in [2.75, 3.05) is 18.5 Å². The van der Waals surface area contributed by atoms with Gasteiger partial charge < -0.3 is 14.8 Å². The molecule has 0 aliphatic heterocycles. The minimum Gasteiger partial charge on any atom is -0.481 e. The summed E-state index contributed by atoms with van der Waals surface area (Å²) in [5.41, 5.74) is 3.22. The van der Waals surface area contributed by atoms with Crippen LogP contribution in [0, 0.1) is 20.8 Å². The van der Waals surface area contributed by atoms with Crippen molar-refractivity contribution in [2.24, 2.45) is 7.05 Å². The molecule has 0 fully saturated rings. The van der Waals surface area contributed by atoms with Crippen LogP contribution >= 0.6 is 15.9 Å². The van der Waals surface area contributed by atoms with Crippen molar-refractivity contribution in [3.63, 3.8) is 0 Å². The van der Waals surface area contributed by atoms with Crippen LogP contribution in [0.3, 0.4) is 0 Å². The number of anilines is 1. The van der Waals surface area contributed by atoms with Gasteiger partial charge in [0.05, 0.1) is 21.5 Å². The number of esters is 1. The lowest BCUT2D eigenvalue weighted by Gasteiger charge is -2.09. The van der Waals surface area contributed by atoms with E-state index in [1.165, 1.54) is 0 Å². The summed E-state index contributed by atoms with van der Waals surface area (Å²) in [6.45, 7) is 4.93. The minimum atomic E-state index is -0.623. The number of aromatic nitrogens is 2. The maximum atomic E-state index is 11.9. The van der Waals surface area contributed by atoms with Gasteiger partial charge in [0.15, 0.2) is 13.2 Å². The van der Waals surface area contributed by atoms with Crippen LogP contribution in [0.25, 0.3) is 0 Å². The van der Waals surface area contributed by atoms with Crippen LogP contribution in [-0.4, -0.2) is 34.9 Å². The van der Waals surface area contributed by atoms with Crippen LogP contribution in [0.1, 0.15) is 17.0 Å². The third-order valence-corrected chi connectivity index (χ3v) is 4.19. The molecule has 134 valence electrons. The Hall–Kier alpha value is -2.35. The van der Waals surface area contributed by atoms with Crippen LogP contribution < -0.4 is 10.1 Å². The number of carbonyl (C=O) groups is 2. The molecular formula is C17H20BrN3O4. The van der Waals surface area contributed by atoms with E-state index in [4.69, 9.17) is 9.47 Å². The first-order chi connectivity index (χ1) is 11.8. The second-order valence-corrected chi connectivity index (χ2v) is 6.46. The molecule has 1 aromatic heterocycles. The van der Waals surface area contributed by atoms with Crippen LogP contribution in [-0.2, 0) is 21.4 Å². The Balaban J connectivity index is 1.80. The first kappa shape index (κ1) is 19.0. The van der Waals surface area contributed by atoms with Crippen LogP contribution in [0.2, 0.25) is 0 Å². The van der Waals surface area contributed by atoms with Gasteiger partial charge in [-0.1, -0.05) is 6.07 Å². The highest BCUT2D eigenvalue weighted by Gasteiger charge is 2.14. The van der Waals surface area contributed by atoms with E-state index in [0.29, 0.717) is 17.1 Å². The number of ether oxygens (including phenoxy) is 2. The number of aryl methyl sites for hydroxylation is 3. The molecule has 1 amide bonds. The monoisotopic (exact) mass is 409 g/mol. The first-order valence-corrected chi connectivity index (χ1v) is 8.42. The van der Waals surface area contributed by atoms with Crippen molar-refractivity contribution in [1.29, 1.82) is 0 Å². The molecule has 2 aromatic rings. The van der Waals surface area contributed by atoms with Gasteiger partial charge in [0.1, 0.15) is 5.75 Å². The number of nitrogens with one attached hydrogen (secondary N) is 1. The van der Waals surface area contributed by atoms with Gasteiger partial charge in [-0.05, 0) is 54.4 Å². The molecule has 0 radical (unpaired) electrons. The molecule has 0 aliphatic rings. The predicted molar refractivity (Wildman–Crippen MR) is 96.6 cm³/mol. The van der Waals surface area contributed by atoms with E-state index in [2.05, 4.69) is 26.3 Å². The largest absolute Gasteiger partial charge is 0.481 e. The van der Waals surface area contributed by atoms with Crippen molar-refractivity contribution in [3.8, 4) is 5.75 Å². The standard InChI is InChI=1S/C17H20BrN3O4/c1-10-5-6-14(13(18)7-10)24-9-16(23)25-8-15(22)19-17-11(2)20-21(4)12(17)3/h5-7H,8-9H2,1-4H3,(H,19,22). The summed E-state index contributed by atoms with van der Waals surface area (Å²) < 4.78 is 12.7. The van der Waals surface area contributed by atoms with Gasteiger partial charge in [-0.3, -0.25) is 9.48 Å². The van der Waals surface area contributed by atoms with Crippen molar-refractivity contribution in [3.05, 3.63) is 39.6 Å².